The lowest BCUT2D eigenvalue weighted by Crippen LogP contribution is -2.25. The molecule has 0 spiro atoms. The van der Waals surface area contributed by atoms with Gasteiger partial charge in [0.05, 0.1) is 0 Å². The first kappa shape index (κ1) is 20.6. The zero-order valence-electron chi connectivity index (χ0n) is 15.9. The second-order valence-corrected chi connectivity index (χ2v) is 7.61. The summed E-state index contributed by atoms with van der Waals surface area (Å²) in [6.45, 7) is 3.03. The summed E-state index contributed by atoms with van der Waals surface area (Å²) in [6, 6.07) is 3.89. The molecule has 1 aliphatic rings. The Bertz CT molecular complexity index is 810. The summed E-state index contributed by atoms with van der Waals surface area (Å²) >= 11 is 0. The van der Waals surface area contributed by atoms with Gasteiger partial charge in [0, 0.05) is 6.07 Å². The van der Waals surface area contributed by atoms with E-state index in [1.807, 2.05) is 0 Å². The lowest BCUT2D eigenvalue weighted by molar-refractivity contribution is -0.189. The molecular weight excluding hydrogens is 375 g/mol. The number of halogens is 5. The van der Waals surface area contributed by atoms with E-state index in [4.69, 9.17) is 0 Å². The maximum Gasteiger partial charge on any atom is 0.432 e. The van der Waals surface area contributed by atoms with Crippen LogP contribution in [0.1, 0.15) is 54.4 Å². The van der Waals surface area contributed by atoms with Gasteiger partial charge in [-0.25, -0.2) is 13.2 Å². The van der Waals surface area contributed by atoms with Crippen LogP contribution in [0.5, 0.6) is 5.75 Å². The molecular formula is C22H23F5O. The molecule has 3 rings (SSSR count). The summed E-state index contributed by atoms with van der Waals surface area (Å²) < 4.78 is 76.1. The molecule has 0 aromatic heterocycles. The Morgan fingerprint density at radius 2 is 1.50 bits per heavy atom. The van der Waals surface area contributed by atoms with Crippen molar-refractivity contribution in [1.29, 1.82) is 0 Å². The van der Waals surface area contributed by atoms with E-state index >= 15 is 0 Å². The van der Waals surface area contributed by atoms with Crippen molar-refractivity contribution in [2.75, 3.05) is 0 Å². The number of alkyl halides is 2. The summed E-state index contributed by atoms with van der Waals surface area (Å²) in [5.41, 5.74) is -0.410. The van der Waals surface area contributed by atoms with Crippen LogP contribution in [-0.2, 0) is 12.5 Å². The average molecular weight is 398 g/mol. The van der Waals surface area contributed by atoms with Gasteiger partial charge in [0.2, 0.25) is 0 Å². The maximum absolute atomic E-state index is 14.5. The molecule has 28 heavy (non-hydrogen) atoms. The molecule has 0 bridgehead atoms. The highest BCUT2D eigenvalue weighted by atomic mass is 19.3. The standard InChI is InChI=1S/C22H23F5O/c1-13-8-17(12-18(23)14(13)2)28-22(26,27)21-19(24)10-16(11-20(21)25)9-15-6-4-3-5-7-15/h8,10-12,15H,3-7,9H2,1-2H3. The first-order valence-corrected chi connectivity index (χ1v) is 9.49. The third-order valence-electron chi connectivity index (χ3n) is 5.47. The van der Waals surface area contributed by atoms with E-state index < -0.39 is 34.9 Å². The molecule has 152 valence electrons. The number of aryl methyl sites for hydroxylation is 1. The van der Waals surface area contributed by atoms with E-state index in [0.717, 1.165) is 50.3 Å². The van der Waals surface area contributed by atoms with Crippen LogP contribution in [0.15, 0.2) is 24.3 Å². The number of hydrogen-bond donors (Lipinski definition) is 0. The number of rotatable bonds is 5. The summed E-state index contributed by atoms with van der Waals surface area (Å²) in [7, 11) is 0. The van der Waals surface area contributed by atoms with Gasteiger partial charge in [0.1, 0.15) is 28.8 Å². The van der Waals surface area contributed by atoms with Crippen LogP contribution < -0.4 is 4.74 Å². The van der Waals surface area contributed by atoms with Crippen molar-refractivity contribution in [2.24, 2.45) is 5.92 Å². The van der Waals surface area contributed by atoms with Crippen molar-refractivity contribution in [2.45, 2.75) is 58.5 Å². The SMILES string of the molecule is Cc1cc(OC(F)(F)c2c(F)cc(CC3CCCCC3)cc2F)cc(F)c1C. The molecule has 1 aliphatic carbocycles. The molecule has 1 saturated carbocycles. The highest BCUT2D eigenvalue weighted by Gasteiger charge is 2.41. The Labute approximate surface area is 161 Å². The molecule has 0 amide bonds. The van der Waals surface area contributed by atoms with Crippen molar-refractivity contribution < 1.29 is 26.7 Å². The maximum atomic E-state index is 14.5. The van der Waals surface area contributed by atoms with Gasteiger partial charge in [-0.1, -0.05) is 32.1 Å². The third-order valence-corrected chi connectivity index (χ3v) is 5.47. The van der Waals surface area contributed by atoms with Gasteiger partial charge < -0.3 is 4.74 Å². The molecule has 0 saturated heterocycles. The van der Waals surface area contributed by atoms with E-state index in [0.29, 0.717) is 29.0 Å². The zero-order valence-corrected chi connectivity index (χ0v) is 15.9. The van der Waals surface area contributed by atoms with Gasteiger partial charge >= 0.3 is 6.11 Å². The van der Waals surface area contributed by atoms with Gasteiger partial charge in [-0.3, -0.25) is 0 Å². The second kappa shape index (κ2) is 8.10. The number of ether oxygens (including phenoxy) is 1. The molecule has 2 aromatic rings. The van der Waals surface area contributed by atoms with Gasteiger partial charge in [0.25, 0.3) is 0 Å². The molecule has 2 aromatic carbocycles. The lowest BCUT2D eigenvalue weighted by Gasteiger charge is -2.23. The van der Waals surface area contributed by atoms with E-state index in [-0.39, 0.29) is 0 Å². The van der Waals surface area contributed by atoms with E-state index in [2.05, 4.69) is 4.74 Å². The van der Waals surface area contributed by atoms with Crippen molar-refractivity contribution in [3.63, 3.8) is 0 Å². The van der Waals surface area contributed by atoms with Crippen molar-refractivity contribution >= 4 is 0 Å². The zero-order chi connectivity index (χ0) is 20.5. The largest absolute Gasteiger partial charge is 0.432 e. The smallest absolute Gasteiger partial charge is 0.429 e. The minimum atomic E-state index is -4.27. The van der Waals surface area contributed by atoms with Crippen molar-refractivity contribution in [3.8, 4) is 5.75 Å². The normalized spacial score (nSPS) is 15.7. The summed E-state index contributed by atoms with van der Waals surface area (Å²) in [5.74, 6) is -3.63. The predicted octanol–water partition coefficient (Wildman–Crippen LogP) is 6.97. The Morgan fingerprint density at radius 3 is 2.07 bits per heavy atom. The van der Waals surface area contributed by atoms with Gasteiger partial charge in [-0.2, -0.15) is 8.78 Å². The van der Waals surface area contributed by atoms with Crippen LogP contribution in [0.25, 0.3) is 0 Å². The Hall–Kier alpha value is -2.11. The highest BCUT2D eigenvalue weighted by molar-refractivity contribution is 5.36. The van der Waals surface area contributed by atoms with Gasteiger partial charge in [0.15, 0.2) is 0 Å². The highest BCUT2D eigenvalue weighted by Crippen LogP contribution is 2.37. The monoisotopic (exact) mass is 398 g/mol. The minimum Gasteiger partial charge on any atom is -0.429 e. The average Bonchev–Trinajstić information content (AvgIpc) is 2.59. The van der Waals surface area contributed by atoms with Crippen LogP contribution in [-0.4, -0.2) is 0 Å². The quantitative estimate of drug-likeness (QED) is 0.494. The first-order valence-electron chi connectivity index (χ1n) is 9.49. The molecule has 0 N–H and O–H groups in total. The molecule has 1 fully saturated rings. The number of benzene rings is 2. The summed E-state index contributed by atoms with van der Waals surface area (Å²) in [5, 5.41) is 0. The van der Waals surface area contributed by atoms with Crippen molar-refractivity contribution in [1.82, 2.24) is 0 Å². The van der Waals surface area contributed by atoms with Gasteiger partial charge in [-0.15, -0.1) is 0 Å². The van der Waals surface area contributed by atoms with Crippen LogP contribution in [0, 0.1) is 37.2 Å². The third kappa shape index (κ3) is 4.47. The Morgan fingerprint density at radius 1 is 0.893 bits per heavy atom. The molecule has 0 aliphatic heterocycles. The molecule has 0 heterocycles. The lowest BCUT2D eigenvalue weighted by atomic mass is 9.84. The van der Waals surface area contributed by atoms with Crippen LogP contribution in [0.3, 0.4) is 0 Å². The fourth-order valence-corrected chi connectivity index (χ4v) is 3.79. The summed E-state index contributed by atoms with van der Waals surface area (Å²) in [6.07, 6.45) is 1.44. The molecule has 0 unspecified atom stereocenters. The predicted molar refractivity (Wildman–Crippen MR) is 97.0 cm³/mol. The van der Waals surface area contributed by atoms with Crippen LogP contribution in [0.4, 0.5) is 22.0 Å². The van der Waals surface area contributed by atoms with E-state index in [9.17, 15) is 22.0 Å². The first-order chi connectivity index (χ1) is 13.2. The minimum absolute atomic E-state index is 0.292. The van der Waals surface area contributed by atoms with Crippen LogP contribution in [0.2, 0.25) is 0 Å². The Kier molecular flexibility index (Phi) is 5.96. The topological polar surface area (TPSA) is 9.23 Å². The van der Waals surface area contributed by atoms with Crippen LogP contribution >= 0.6 is 0 Å². The fourth-order valence-electron chi connectivity index (χ4n) is 3.79. The number of hydrogen-bond acceptors (Lipinski definition) is 1. The molecule has 1 nitrogen and oxygen atoms in total. The van der Waals surface area contributed by atoms with Crippen molar-refractivity contribution in [3.05, 3.63) is 64.0 Å². The van der Waals surface area contributed by atoms with E-state index in [1.54, 1.807) is 0 Å². The fraction of sp³-hybridized carbons (Fsp3) is 0.455. The van der Waals surface area contributed by atoms with Gasteiger partial charge in [-0.05, 0) is 61.1 Å². The molecule has 0 atom stereocenters. The van der Waals surface area contributed by atoms with E-state index in [1.165, 1.54) is 19.9 Å². The molecule has 6 heteroatoms. The second-order valence-electron chi connectivity index (χ2n) is 7.61. The Balaban J connectivity index is 1.84. The molecule has 0 radical (unpaired) electrons. The summed E-state index contributed by atoms with van der Waals surface area (Å²) in [4.78, 5) is 0.